The lowest BCUT2D eigenvalue weighted by Crippen LogP contribution is -2.36. The van der Waals surface area contributed by atoms with Crippen molar-refractivity contribution >= 4 is 16.6 Å². The summed E-state index contributed by atoms with van der Waals surface area (Å²) in [6.45, 7) is 3.37. The lowest BCUT2D eigenvalue weighted by atomic mass is 10.1. The van der Waals surface area contributed by atoms with E-state index in [0.717, 1.165) is 23.1 Å². The Morgan fingerprint density at radius 1 is 1.19 bits per heavy atom. The maximum Gasteiger partial charge on any atom is 0.106 e. The molecule has 26 heavy (non-hydrogen) atoms. The minimum absolute atomic E-state index is 0.0897. The monoisotopic (exact) mass is 342 g/mol. The number of likely N-dealkylation sites (tertiary alicyclic amines) is 1. The molecular weight excluding hydrogens is 320 g/mol. The van der Waals surface area contributed by atoms with Crippen LogP contribution in [0.2, 0.25) is 0 Å². The van der Waals surface area contributed by atoms with Gasteiger partial charge in [-0.05, 0) is 61.7 Å². The summed E-state index contributed by atoms with van der Waals surface area (Å²) >= 11 is 0. The van der Waals surface area contributed by atoms with E-state index in [-0.39, 0.29) is 6.17 Å². The average molecular weight is 342 g/mol. The second-order valence-corrected chi connectivity index (χ2v) is 6.92. The molecule has 2 aromatic carbocycles. The number of anilines is 1. The van der Waals surface area contributed by atoms with E-state index in [4.69, 9.17) is 5.26 Å². The van der Waals surface area contributed by atoms with Crippen LogP contribution >= 0.6 is 0 Å². The summed E-state index contributed by atoms with van der Waals surface area (Å²) in [5, 5.41) is 13.8. The zero-order valence-electron chi connectivity index (χ0n) is 14.9. The summed E-state index contributed by atoms with van der Waals surface area (Å²) in [6, 6.07) is 21.0. The molecule has 4 rings (SSSR count). The smallest absolute Gasteiger partial charge is 0.106 e. The predicted octanol–water partition coefficient (Wildman–Crippen LogP) is 4.70. The van der Waals surface area contributed by atoms with Crippen LogP contribution in [0.1, 0.15) is 37.1 Å². The van der Waals surface area contributed by atoms with E-state index in [0.29, 0.717) is 11.6 Å². The van der Waals surface area contributed by atoms with E-state index in [1.54, 1.807) is 0 Å². The van der Waals surface area contributed by atoms with Gasteiger partial charge in [-0.2, -0.15) is 5.26 Å². The number of fused-ring (bicyclic) bond motifs is 1. The first kappa shape index (κ1) is 16.6. The Hall–Kier alpha value is -2.90. The number of benzene rings is 2. The number of nitrogens with one attached hydrogen (secondary N) is 1. The van der Waals surface area contributed by atoms with Crippen LogP contribution in [0.4, 0.5) is 5.69 Å². The first-order valence-electron chi connectivity index (χ1n) is 9.12. The molecule has 1 aromatic heterocycles. The number of nitrogens with zero attached hydrogens (tertiary/aromatic N) is 3. The molecule has 0 saturated carbocycles. The van der Waals surface area contributed by atoms with Crippen molar-refractivity contribution in [1.82, 2.24) is 9.88 Å². The maximum absolute atomic E-state index is 9.01. The molecule has 4 heteroatoms. The minimum Gasteiger partial charge on any atom is -0.366 e. The van der Waals surface area contributed by atoms with Crippen molar-refractivity contribution in [3.05, 3.63) is 71.9 Å². The minimum atomic E-state index is 0.0897. The number of rotatable bonds is 4. The second kappa shape index (κ2) is 7.15. The van der Waals surface area contributed by atoms with Crippen LogP contribution in [-0.2, 0) is 0 Å². The Kier molecular flexibility index (Phi) is 4.55. The van der Waals surface area contributed by atoms with Crippen molar-refractivity contribution in [1.29, 1.82) is 5.26 Å². The number of nitriles is 1. The van der Waals surface area contributed by atoms with E-state index in [2.05, 4.69) is 52.5 Å². The Morgan fingerprint density at radius 3 is 2.77 bits per heavy atom. The largest absolute Gasteiger partial charge is 0.366 e. The molecule has 1 aliphatic rings. The number of aromatic nitrogens is 1. The molecule has 130 valence electrons. The fraction of sp³-hybridized carbons (Fsp3) is 0.273. The van der Waals surface area contributed by atoms with Crippen molar-refractivity contribution in [3.63, 3.8) is 0 Å². The molecule has 3 aromatic rings. The molecule has 1 fully saturated rings. The van der Waals surface area contributed by atoms with Crippen LogP contribution in [-0.4, -0.2) is 22.5 Å². The SMILES string of the molecule is CC1CCCN1C(Nc1ccc(C#N)cc1)c1ccc2cccnc2c1. The fourth-order valence-electron chi connectivity index (χ4n) is 3.75. The molecule has 2 heterocycles. The van der Waals surface area contributed by atoms with Crippen molar-refractivity contribution < 1.29 is 0 Å². The highest BCUT2D eigenvalue weighted by Gasteiger charge is 2.29. The van der Waals surface area contributed by atoms with Gasteiger partial charge in [0.1, 0.15) is 6.17 Å². The van der Waals surface area contributed by atoms with Gasteiger partial charge in [-0.1, -0.05) is 18.2 Å². The highest BCUT2D eigenvalue weighted by molar-refractivity contribution is 5.79. The van der Waals surface area contributed by atoms with Gasteiger partial charge >= 0.3 is 0 Å². The third-order valence-corrected chi connectivity index (χ3v) is 5.20. The first-order valence-corrected chi connectivity index (χ1v) is 9.12. The van der Waals surface area contributed by atoms with Gasteiger partial charge in [0.15, 0.2) is 0 Å². The van der Waals surface area contributed by atoms with Gasteiger partial charge < -0.3 is 5.32 Å². The topological polar surface area (TPSA) is 52.0 Å². The molecule has 0 spiro atoms. The number of hydrogen-bond donors (Lipinski definition) is 1. The van der Waals surface area contributed by atoms with Crippen LogP contribution in [0.15, 0.2) is 60.8 Å². The molecule has 1 N–H and O–H groups in total. The standard InChI is InChI=1S/C22H22N4/c1-16-4-3-13-26(16)22(25-20-10-6-17(15-23)7-11-20)19-9-8-18-5-2-12-24-21(18)14-19/h2,5-12,14,16,22,25H,3-4,13H2,1H3. The predicted molar refractivity (Wildman–Crippen MR) is 105 cm³/mol. The highest BCUT2D eigenvalue weighted by atomic mass is 15.3. The van der Waals surface area contributed by atoms with E-state index < -0.39 is 0 Å². The van der Waals surface area contributed by atoms with Gasteiger partial charge in [0, 0.05) is 29.9 Å². The Morgan fingerprint density at radius 2 is 2.04 bits per heavy atom. The van der Waals surface area contributed by atoms with Gasteiger partial charge in [0.05, 0.1) is 17.1 Å². The van der Waals surface area contributed by atoms with E-state index in [9.17, 15) is 0 Å². The van der Waals surface area contributed by atoms with Crippen LogP contribution in [0.3, 0.4) is 0 Å². The number of pyridine rings is 1. The Balaban J connectivity index is 1.70. The van der Waals surface area contributed by atoms with Crippen LogP contribution in [0.5, 0.6) is 0 Å². The highest BCUT2D eigenvalue weighted by Crippen LogP contribution is 2.31. The van der Waals surface area contributed by atoms with E-state index in [1.165, 1.54) is 18.4 Å². The Bertz CT molecular complexity index is 942. The quantitative estimate of drug-likeness (QED) is 0.746. The Labute approximate surface area is 154 Å². The van der Waals surface area contributed by atoms with Crippen molar-refractivity contribution in [2.24, 2.45) is 0 Å². The van der Waals surface area contributed by atoms with Gasteiger partial charge in [-0.25, -0.2) is 0 Å². The van der Waals surface area contributed by atoms with Crippen molar-refractivity contribution in [2.45, 2.75) is 32.0 Å². The summed E-state index contributed by atoms with van der Waals surface area (Å²) < 4.78 is 0. The molecular formula is C22H22N4. The van der Waals surface area contributed by atoms with E-state index in [1.807, 2.05) is 36.5 Å². The molecule has 4 nitrogen and oxygen atoms in total. The molecule has 0 radical (unpaired) electrons. The van der Waals surface area contributed by atoms with Gasteiger partial charge in [0.25, 0.3) is 0 Å². The maximum atomic E-state index is 9.01. The molecule has 1 aliphatic heterocycles. The lowest BCUT2D eigenvalue weighted by molar-refractivity contribution is 0.211. The summed E-state index contributed by atoms with van der Waals surface area (Å²) in [5.74, 6) is 0. The van der Waals surface area contributed by atoms with Gasteiger partial charge in [-0.15, -0.1) is 0 Å². The molecule has 0 aliphatic carbocycles. The van der Waals surface area contributed by atoms with Gasteiger partial charge in [0.2, 0.25) is 0 Å². The normalized spacial score (nSPS) is 18.5. The van der Waals surface area contributed by atoms with Crippen molar-refractivity contribution in [3.8, 4) is 6.07 Å². The fourth-order valence-corrected chi connectivity index (χ4v) is 3.75. The molecule has 1 saturated heterocycles. The first-order chi connectivity index (χ1) is 12.7. The van der Waals surface area contributed by atoms with Gasteiger partial charge in [-0.3, -0.25) is 9.88 Å². The lowest BCUT2D eigenvalue weighted by Gasteiger charge is -2.33. The zero-order valence-corrected chi connectivity index (χ0v) is 14.9. The molecule has 0 amide bonds. The summed E-state index contributed by atoms with van der Waals surface area (Å²) in [5.41, 5.74) is 3.93. The third kappa shape index (κ3) is 3.26. The molecule has 0 bridgehead atoms. The third-order valence-electron chi connectivity index (χ3n) is 5.20. The number of hydrogen-bond acceptors (Lipinski definition) is 4. The summed E-state index contributed by atoms with van der Waals surface area (Å²) in [4.78, 5) is 7.03. The molecule has 2 unspecified atom stereocenters. The van der Waals surface area contributed by atoms with E-state index >= 15 is 0 Å². The van der Waals surface area contributed by atoms with Crippen LogP contribution < -0.4 is 5.32 Å². The zero-order chi connectivity index (χ0) is 17.9. The molecule has 2 atom stereocenters. The van der Waals surface area contributed by atoms with Crippen LogP contribution in [0, 0.1) is 11.3 Å². The second-order valence-electron chi connectivity index (χ2n) is 6.92. The van der Waals surface area contributed by atoms with Crippen molar-refractivity contribution in [2.75, 3.05) is 11.9 Å². The van der Waals surface area contributed by atoms with Crippen LogP contribution in [0.25, 0.3) is 10.9 Å². The summed E-state index contributed by atoms with van der Waals surface area (Å²) in [6.07, 6.45) is 4.37. The average Bonchev–Trinajstić information content (AvgIpc) is 3.12. The summed E-state index contributed by atoms with van der Waals surface area (Å²) in [7, 11) is 0.